The second kappa shape index (κ2) is 12.4. The third-order valence-electron chi connectivity index (χ3n) is 6.16. The van der Waals surface area contributed by atoms with Crippen molar-refractivity contribution in [3.63, 3.8) is 0 Å². The molecule has 1 aromatic heterocycles. The number of alkyl halides is 2. The Hall–Kier alpha value is -3.51. The monoisotopic (exact) mass is 552 g/mol. The van der Waals surface area contributed by atoms with Crippen molar-refractivity contribution in [2.75, 3.05) is 32.5 Å². The highest BCUT2D eigenvalue weighted by Gasteiger charge is 2.30. The van der Waals surface area contributed by atoms with Crippen LogP contribution in [0.4, 0.5) is 14.5 Å². The quantitative estimate of drug-likeness (QED) is 0.262. The van der Waals surface area contributed by atoms with Crippen LogP contribution in [0.3, 0.4) is 0 Å². The number of carbonyl (C=O) groups is 2. The Morgan fingerprint density at radius 2 is 2.03 bits per heavy atom. The molecule has 3 N–H and O–H groups in total. The molecule has 206 valence electrons. The van der Waals surface area contributed by atoms with Gasteiger partial charge >= 0.3 is 6.61 Å². The molecule has 1 saturated heterocycles. The molecule has 13 heteroatoms. The Labute approximate surface area is 224 Å². The Balaban J connectivity index is 1.99. The van der Waals surface area contributed by atoms with Crippen LogP contribution in [-0.2, 0) is 16.1 Å². The normalized spacial score (nSPS) is 16.0. The highest BCUT2D eigenvalue weighted by molar-refractivity contribution is 6.31. The maximum Gasteiger partial charge on any atom is 0.387 e. The van der Waals surface area contributed by atoms with Crippen molar-refractivity contribution in [1.29, 1.82) is 0 Å². The van der Waals surface area contributed by atoms with Crippen LogP contribution in [0, 0.1) is 0 Å². The summed E-state index contributed by atoms with van der Waals surface area (Å²) in [6, 6.07) is 4.06. The molecule has 2 heterocycles. The minimum atomic E-state index is -3.11. The van der Waals surface area contributed by atoms with Gasteiger partial charge in [-0.25, -0.2) is 0 Å². The van der Waals surface area contributed by atoms with Crippen LogP contribution in [0.2, 0.25) is 5.02 Å². The summed E-state index contributed by atoms with van der Waals surface area (Å²) < 4.78 is 32.3. The molecule has 2 aromatic rings. The highest BCUT2D eigenvalue weighted by atomic mass is 35.5. The SMILES string of the molecule is C/C=C(/C(=O)Nc1cn(CC(=O)N2CCC(C)(O)CC2)nc1-c1cc(Cl)ccc1OC(F)F)C(=NC)NC. The smallest absolute Gasteiger partial charge is 0.387 e. The lowest BCUT2D eigenvalue weighted by molar-refractivity contribution is -0.135. The largest absolute Gasteiger partial charge is 0.434 e. The van der Waals surface area contributed by atoms with Crippen molar-refractivity contribution in [2.45, 2.75) is 45.4 Å². The van der Waals surface area contributed by atoms with Crippen LogP contribution >= 0.6 is 11.6 Å². The molecule has 38 heavy (non-hydrogen) atoms. The van der Waals surface area contributed by atoms with Gasteiger partial charge in [-0.1, -0.05) is 17.7 Å². The number of amides is 2. The summed E-state index contributed by atoms with van der Waals surface area (Å²) in [5.74, 6) is -0.648. The zero-order chi connectivity index (χ0) is 28.0. The predicted molar refractivity (Wildman–Crippen MR) is 141 cm³/mol. The molecule has 1 aliphatic heterocycles. The van der Waals surface area contributed by atoms with Crippen LogP contribution in [0.15, 0.2) is 41.0 Å². The maximum absolute atomic E-state index is 13.1. The summed E-state index contributed by atoms with van der Waals surface area (Å²) in [5, 5.41) is 20.4. The first-order valence-corrected chi connectivity index (χ1v) is 12.3. The van der Waals surface area contributed by atoms with E-state index < -0.39 is 18.1 Å². The van der Waals surface area contributed by atoms with Gasteiger partial charge in [-0.05, 0) is 44.9 Å². The van der Waals surface area contributed by atoms with Gasteiger partial charge in [0.25, 0.3) is 5.91 Å². The van der Waals surface area contributed by atoms with Crippen molar-refractivity contribution in [3.05, 3.63) is 41.1 Å². The number of amidine groups is 1. The number of nitrogens with zero attached hydrogens (tertiary/aromatic N) is 4. The van der Waals surface area contributed by atoms with Gasteiger partial charge in [0.05, 0.1) is 16.9 Å². The fraction of sp³-hybridized carbons (Fsp3) is 0.440. The number of aliphatic imine (C=N–C) groups is 1. The van der Waals surface area contributed by atoms with Crippen LogP contribution in [0.5, 0.6) is 5.75 Å². The molecule has 0 unspecified atom stereocenters. The molecular formula is C25H31ClF2N6O4. The van der Waals surface area contributed by atoms with Gasteiger partial charge in [0.15, 0.2) is 0 Å². The Kier molecular flexibility index (Phi) is 9.45. The first-order chi connectivity index (χ1) is 18.0. The number of ether oxygens (including phenoxy) is 1. The highest BCUT2D eigenvalue weighted by Crippen LogP contribution is 2.37. The summed E-state index contributed by atoms with van der Waals surface area (Å²) in [5.41, 5.74) is -0.245. The number of benzene rings is 1. The number of aliphatic hydroxyl groups is 1. The number of aromatic nitrogens is 2. The predicted octanol–water partition coefficient (Wildman–Crippen LogP) is 3.31. The summed E-state index contributed by atoms with van der Waals surface area (Å²) in [4.78, 5) is 31.8. The topological polar surface area (TPSA) is 121 Å². The average molecular weight is 553 g/mol. The Bertz CT molecular complexity index is 1230. The molecular weight excluding hydrogens is 522 g/mol. The lowest BCUT2D eigenvalue weighted by Gasteiger charge is -2.35. The molecule has 0 aliphatic carbocycles. The van der Waals surface area contributed by atoms with E-state index in [0.29, 0.717) is 31.8 Å². The third kappa shape index (κ3) is 7.07. The van der Waals surface area contributed by atoms with E-state index in [2.05, 4.69) is 25.5 Å². The molecule has 0 radical (unpaired) electrons. The van der Waals surface area contributed by atoms with E-state index in [1.54, 1.807) is 31.9 Å². The zero-order valence-corrected chi connectivity index (χ0v) is 22.4. The summed E-state index contributed by atoms with van der Waals surface area (Å²) in [6.45, 7) is 0.889. The van der Waals surface area contributed by atoms with Crippen LogP contribution in [0.1, 0.15) is 26.7 Å². The number of rotatable bonds is 8. The van der Waals surface area contributed by atoms with E-state index in [9.17, 15) is 23.5 Å². The molecule has 0 saturated carbocycles. The van der Waals surface area contributed by atoms with Gasteiger partial charge in [-0.3, -0.25) is 19.3 Å². The molecule has 0 spiro atoms. The van der Waals surface area contributed by atoms with Gasteiger partial charge in [0, 0.05) is 44.0 Å². The maximum atomic E-state index is 13.1. The number of hydrogen-bond acceptors (Lipinski definition) is 6. The van der Waals surface area contributed by atoms with Crippen molar-refractivity contribution in [2.24, 2.45) is 4.99 Å². The first kappa shape index (κ1) is 29.1. The molecule has 10 nitrogen and oxygen atoms in total. The van der Waals surface area contributed by atoms with Crippen LogP contribution < -0.4 is 15.4 Å². The molecule has 0 atom stereocenters. The number of allylic oxidation sites excluding steroid dienone is 1. The van der Waals surface area contributed by atoms with Gasteiger partial charge in [0.1, 0.15) is 23.8 Å². The molecule has 0 bridgehead atoms. The van der Waals surface area contributed by atoms with Gasteiger partial charge in [-0.15, -0.1) is 0 Å². The second-order valence-electron chi connectivity index (χ2n) is 8.96. The van der Waals surface area contributed by atoms with Gasteiger partial charge < -0.3 is 25.4 Å². The molecule has 2 amide bonds. The number of anilines is 1. The Morgan fingerprint density at radius 1 is 1.34 bits per heavy atom. The fourth-order valence-corrected chi connectivity index (χ4v) is 4.26. The third-order valence-corrected chi connectivity index (χ3v) is 6.40. The Morgan fingerprint density at radius 3 is 2.61 bits per heavy atom. The second-order valence-corrected chi connectivity index (χ2v) is 9.40. The summed E-state index contributed by atoms with van der Waals surface area (Å²) in [7, 11) is 3.14. The van der Waals surface area contributed by atoms with Crippen molar-refractivity contribution in [1.82, 2.24) is 20.0 Å². The number of likely N-dealkylation sites (tertiary alicyclic amines) is 1. The molecule has 1 aliphatic rings. The van der Waals surface area contributed by atoms with E-state index in [1.807, 2.05) is 0 Å². The van der Waals surface area contributed by atoms with Crippen molar-refractivity contribution >= 4 is 34.9 Å². The number of hydrogen-bond donors (Lipinski definition) is 3. The zero-order valence-electron chi connectivity index (χ0n) is 21.6. The number of carbonyl (C=O) groups excluding carboxylic acids is 2. The summed E-state index contributed by atoms with van der Waals surface area (Å²) in [6.07, 6.45) is 3.89. The fourth-order valence-electron chi connectivity index (χ4n) is 4.09. The minimum Gasteiger partial charge on any atom is -0.434 e. The molecule has 1 aromatic carbocycles. The van der Waals surface area contributed by atoms with Crippen LogP contribution in [0.25, 0.3) is 11.3 Å². The van der Waals surface area contributed by atoms with Crippen molar-refractivity contribution in [3.8, 4) is 17.0 Å². The van der Waals surface area contributed by atoms with E-state index in [1.165, 1.54) is 36.1 Å². The van der Waals surface area contributed by atoms with E-state index >= 15 is 0 Å². The minimum absolute atomic E-state index is 0.0841. The summed E-state index contributed by atoms with van der Waals surface area (Å²) >= 11 is 6.15. The lowest BCUT2D eigenvalue weighted by Crippen LogP contribution is -2.46. The van der Waals surface area contributed by atoms with E-state index in [4.69, 9.17) is 11.6 Å². The average Bonchev–Trinajstić information content (AvgIpc) is 3.24. The van der Waals surface area contributed by atoms with E-state index in [0.717, 1.165) is 0 Å². The number of piperidine rings is 1. The van der Waals surface area contributed by atoms with Gasteiger partial charge in [0.2, 0.25) is 5.91 Å². The van der Waals surface area contributed by atoms with Crippen molar-refractivity contribution < 1.29 is 28.2 Å². The number of halogens is 3. The number of likely N-dealkylation sites (N-methyl/N-ethyl adjacent to an activating group) is 1. The molecule has 3 rings (SSSR count). The first-order valence-electron chi connectivity index (χ1n) is 11.9. The van der Waals surface area contributed by atoms with Gasteiger partial charge in [-0.2, -0.15) is 13.9 Å². The standard InChI is InChI=1S/C25H31ClF2N6O4/c1-5-16(22(29-3)30-4)23(36)31-18-13-34(14-20(35)33-10-8-25(2,37)9-11-33)32-21(18)17-12-15(26)6-7-19(17)38-24(27)28/h5-7,12-13,24,37H,8-11,14H2,1-4H3,(H,29,30)(H,31,36)/b16-5+. The number of nitrogens with one attached hydrogen (secondary N) is 2. The molecule has 1 fully saturated rings. The van der Waals surface area contributed by atoms with Crippen LogP contribution in [-0.4, -0.2) is 76.8 Å². The lowest BCUT2D eigenvalue weighted by atomic mass is 9.94. The van der Waals surface area contributed by atoms with E-state index in [-0.39, 0.29) is 45.7 Å².